The number of carbonyl (C=O) groups excluding carboxylic acids is 1. The average molecular weight is 308 g/mol. The van der Waals surface area contributed by atoms with Crippen LogP contribution in [0.1, 0.15) is 46.8 Å². The fourth-order valence-corrected chi connectivity index (χ4v) is 3.13. The molecule has 3 rings (SSSR count). The van der Waals surface area contributed by atoms with Crippen LogP contribution in [-0.2, 0) is 0 Å². The van der Waals surface area contributed by atoms with Crippen LogP contribution in [-0.4, -0.2) is 17.4 Å². The molecule has 4 heteroatoms. The zero-order valence-corrected chi connectivity index (χ0v) is 12.7. The Morgan fingerprint density at radius 1 is 1.13 bits per heavy atom. The number of amides is 1. The largest absolute Gasteiger partial charge is 0.332 e. The molecule has 3 nitrogen and oxygen atoms in total. The number of nitriles is 1. The van der Waals surface area contributed by atoms with Gasteiger partial charge in [-0.05, 0) is 49.1 Å². The van der Waals surface area contributed by atoms with Crippen LogP contribution in [0.2, 0.25) is 0 Å². The second kappa shape index (κ2) is 6.62. The summed E-state index contributed by atoms with van der Waals surface area (Å²) in [5, 5.41) is 9.22. The molecule has 1 aliphatic heterocycles. The molecule has 23 heavy (non-hydrogen) atoms. The molecule has 1 amide bonds. The summed E-state index contributed by atoms with van der Waals surface area (Å²) in [7, 11) is 0. The summed E-state index contributed by atoms with van der Waals surface area (Å²) in [5.41, 5.74) is 1.76. The Balaban J connectivity index is 1.94. The molecule has 0 bridgehead atoms. The number of benzene rings is 2. The molecule has 1 atom stereocenters. The van der Waals surface area contributed by atoms with E-state index in [9.17, 15) is 14.4 Å². The molecule has 1 aliphatic rings. The van der Waals surface area contributed by atoms with E-state index in [1.165, 1.54) is 12.1 Å². The third-order valence-corrected chi connectivity index (χ3v) is 4.30. The standard InChI is InChI=1S/C19H17FN2O/c20-16-10-8-14(9-11-16)18-7-3-4-12-22(18)19(23)17-6-2-1-5-15(17)13-21/h1-2,5-6,8-11,18H,3-4,7,12H2. The van der Waals surface area contributed by atoms with Crippen molar-refractivity contribution >= 4 is 5.91 Å². The van der Waals surface area contributed by atoms with Crippen LogP contribution in [0.25, 0.3) is 0 Å². The highest BCUT2D eigenvalue weighted by atomic mass is 19.1. The van der Waals surface area contributed by atoms with Crippen molar-refractivity contribution in [2.45, 2.75) is 25.3 Å². The highest BCUT2D eigenvalue weighted by Gasteiger charge is 2.29. The third-order valence-electron chi connectivity index (χ3n) is 4.30. The van der Waals surface area contributed by atoms with Crippen LogP contribution in [0.4, 0.5) is 4.39 Å². The average Bonchev–Trinajstić information content (AvgIpc) is 2.62. The Hall–Kier alpha value is -2.67. The summed E-state index contributed by atoms with van der Waals surface area (Å²) in [6.45, 7) is 0.653. The molecule has 0 N–H and O–H groups in total. The van der Waals surface area contributed by atoms with Crippen molar-refractivity contribution in [3.63, 3.8) is 0 Å². The Morgan fingerprint density at radius 3 is 2.61 bits per heavy atom. The Kier molecular flexibility index (Phi) is 4.38. The lowest BCUT2D eigenvalue weighted by Crippen LogP contribution is -2.38. The number of hydrogen-bond donors (Lipinski definition) is 0. The molecule has 2 aromatic carbocycles. The van der Waals surface area contributed by atoms with Crippen molar-refractivity contribution in [3.05, 3.63) is 71.0 Å². The summed E-state index contributed by atoms with van der Waals surface area (Å²) < 4.78 is 13.2. The second-order valence-electron chi connectivity index (χ2n) is 5.72. The monoisotopic (exact) mass is 308 g/mol. The summed E-state index contributed by atoms with van der Waals surface area (Å²) in [5.74, 6) is -0.409. The van der Waals surface area contributed by atoms with E-state index >= 15 is 0 Å². The Morgan fingerprint density at radius 2 is 1.87 bits per heavy atom. The van der Waals surface area contributed by atoms with E-state index in [-0.39, 0.29) is 17.8 Å². The lowest BCUT2D eigenvalue weighted by Gasteiger charge is -2.36. The maximum atomic E-state index is 13.2. The van der Waals surface area contributed by atoms with Gasteiger partial charge in [-0.3, -0.25) is 4.79 Å². The van der Waals surface area contributed by atoms with E-state index in [2.05, 4.69) is 6.07 Å². The Labute approximate surface area is 135 Å². The van der Waals surface area contributed by atoms with Gasteiger partial charge in [-0.1, -0.05) is 24.3 Å². The maximum Gasteiger partial charge on any atom is 0.255 e. The molecule has 0 aromatic heterocycles. The molecule has 0 radical (unpaired) electrons. The molecule has 116 valence electrons. The zero-order valence-electron chi connectivity index (χ0n) is 12.7. The minimum Gasteiger partial charge on any atom is -0.332 e. The number of rotatable bonds is 2. The van der Waals surface area contributed by atoms with Gasteiger partial charge in [0.1, 0.15) is 5.82 Å². The van der Waals surface area contributed by atoms with E-state index in [1.807, 2.05) is 4.90 Å². The molecule has 1 heterocycles. The van der Waals surface area contributed by atoms with E-state index in [0.717, 1.165) is 24.8 Å². The van der Waals surface area contributed by atoms with Crippen molar-refractivity contribution in [2.24, 2.45) is 0 Å². The summed E-state index contributed by atoms with van der Waals surface area (Å²) in [6, 6.07) is 15.2. The lowest BCUT2D eigenvalue weighted by molar-refractivity contribution is 0.0611. The predicted octanol–water partition coefficient (Wildman–Crippen LogP) is 4.06. The van der Waals surface area contributed by atoms with E-state index < -0.39 is 0 Å². The van der Waals surface area contributed by atoms with E-state index in [1.54, 1.807) is 36.4 Å². The van der Waals surface area contributed by atoms with Crippen LogP contribution in [0.3, 0.4) is 0 Å². The first-order valence-corrected chi connectivity index (χ1v) is 7.76. The number of piperidine rings is 1. The summed E-state index contributed by atoms with van der Waals surface area (Å²) in [4.78, 5) is 14.7. The van der Waals surface area contributed by atoms with Crippen molar-refractivity contribution in [1.29, 1.82) is 5.26 Å². The van der Waals surface area contributed by atoms with Crippen molar-refractivity contribution in [2.75, 3.05) is 6.54 Å². The van der Waals surface area contributed by atoms with Gasteiger partial charge < -0.3 is 4.90 Å². The van der Waals surface area contributed by atoms with Crippen LogP contribution in [0.5, 0.6) is 0 Å². The molecule has 0 saturated carbocycles. The van der Waals surface area contributed by atoms with Gasteiger partial charge in [0.25, 0.3) is 5.91 Å². The van der Waals surface area contributed by atoms with Crippen LogP contribution < -0.4 is 0 Å². The molecular formula is C19H17FN2O. The number of carbonyl (C=O) groups is 1. The molecule has 1 fully saturated rings. The summed E-state index contributed by atoms with van der Waals surface area (Å²) >= 11 is 0. The lowest BCUT2D eigenvalue weighted by atomic mass is 9.94. The molecule has 1 unspecified atom stereocenters. The molecule has 0 spiro atoms. The maximum absolute atomic E-state index is 13.2. The normalized spacial score (nSPS) is 17.6. The second-order valence-corrected chi connectivity index (χ2v) is 5.72. The number of halogens is 1. The molecular weight excluding hydrogens is 291 g/mol. The smallest absolute Gasteiger partial charge is 0.255 e. The third kappa shape index (κ3) is 3.09. The van der Waals surface area contributed by atoms with Crippen LogP contribution in [0.15, 0.2) is 48.5 Å². The first kappa shape index (κ1) is 15.2. The number of hydrogen-bond acceptors (Lipinski definition) is 2. The topological polar surface area (TPSA) is 44.1 Å². The van der Waals surface area contributed by atoms with E-state index in [0.29, 0.717) is 17.7 Å². The van der Waals surface area contributed by atoms with Gasteiger partial charge in [0.15, 0.2) is 0 Å². The van der Waals surface area contributed by atoms with Gasteiger partial charge in [0.2, 0.25) is 0 Å². The van der Waals surface area contributed by atoms with Crippen molar-refractivity contribution in [1.82, 2.24) is 4.90 Å². The summed E-state index contributed by atoms with van der Waals surface area (Å²) in [6.07, 6.45) is 2.83. The van der Waals surface area contributed by atoms with Crippen molar-refractivity contribution in [3.8, 4) is 6.07 Å². The highest BCUT2D eigenvalue weighted by molar-refractivity contribution is 5.97. The van der Waals surface area contributed by atoms with Gasteiger partial charge in [0, 0.05) is 6.54 Å². The SMILES string of the molecule is N#Cc1ccccc1C(=O)N1CCCCC1c1ccc(F)cc1. The minimum absolute atomic E-state index is 0.0661. The fraction of sp³-hybridized carbons (Fsp3) is 0.263. The van der Waals surface area contributed by atoms with Gasteiger partial charge in [-0.25, -0.2) is 4.39 Å². The number of likely N-dealkylation sites (tertiary alicyclic amines) is 1. The van der Waals surface area contributed by atoms with Gasteiger partial charge in [-0.2, -0.15) is 5.26 Å². The molecule has 1 saturated heterocycles. The molecule has 2 aromatic rings. The highest BCUT2D eigenvalue weighted by Crippen LogP contribution is 2.32. The van der Waals surface area contributed by atoms with Crippen LogP contribution >= 0.6 is 0 Å². The van der Waals surface area contributed by atoms with E-state index in [4.69, 9.17) is 0 Å². The van der Waals surface area contributed by atoms with Crippen LogP contribution in [0, 0.1) is 17.1 Å². The Bertz CT molecular complexity index is 749. The molecule has 0 aliphatic carbocycles. The minimum atomic E-state index is -0.280. The fourth-order valence-electron chi connectivity index (χ4n) is 3.13. The first-order valence-electron chi connectivity index (χ1n) is 7.76. The van der Waals surface area contributed by atoms with Crippen molar-refractivity contribution < 1.29 is 9.18 Å². The zero-order chi connectivity index (χ0) is 16.2. The number of nitrogens with zero attached hydrogens (tertiary/aromatic N) is 2. The van der Waals surface area contributed by atoms with Gasteiger partial charge in [-0.15, -0.1) is 0 Å². The predicted molar refractivity (Wildman–Crippen MR) is 85.2 cm³/mol. The first-order chi connectivity index (χ1) is 11.2. The van der Waals surface area contributed by atoms with Gasteiger partial charge >= 0.3 is 0 Å². The quantitative estimate of drug-likeness (QED) is 0.839. The van der Waals surface area contributed by atoms with Gasteiger partial charge in [0.05, 0.1) is 23.2 Å².